The number of ether oxygens (including phenoxy) is 1. The van der Waals surface area contributed by atoms with Gasteiger partial charge in [-0.2, -0.15) is 0 Å². The van der Waals surface area contributed by atoms with Crippen molar-refractivity contribution in [1.29, 1.82) is 0 Å². The Morgan fingerprint density at radius 3 is 2.38 bits per heavy atom. The summed E-state index contributed by atoms with van der Waals surface area (Å²) >= 11 is 0. The molecule has 0 saturated carbocycles. The third-order valence-electron chi connectivity index (χ3n) is 3.26. The van der Waals surface area contributed by atoms with Gasteiger partial charge in [0.1, 0.15) is 5.75 Å². The van der Waals surface area contributed by atoms with Gasteiger partial charge >= 0.3 is 0 Å². The lowest BCUT2D eigenvalue weighted by atomic mass is 9.72. The Morgan fingerprint density at radius 2 is 1.86 bits per heavy atom. The summed E-state index contributed by atoms with van der Waals surface area (Å²) in [7, 11) is 0. The molecule has 118 valence electrons. The summed E-state index contributed by atoms with van der Waals surface area (Å²) < 4.78 is 5.78. The Hall–Kier alpha value is -1.71. The maximum absolute atomic E-state index is 10.4. The zero-order valence-corrected chi connectivity index (χ0v) is 14.0. The van der Waals surface area contributed by atoms with Gasteiger partial charge in [-0.25, -0.2) is 0 Å². The highest BCUT2D eigenvalue weighted by Gasteiger charge is 2.30. The highest BCUT2D eigenvalue weighted by molar-refractivity contribution is 5.57. The van der Waals surface area contributed by atoms with Crippen molar-refractivity contribution in [3.8, 4) is 5.75 Å². The summed E-state index contributed by atoms with van der Waals surface area (Å²) in [5.74, 6) is 0.906. The van der Waals surface area contributed by atoms with Crippen LogP contribution in [0.15, 0.2) is 18.2 Å². The van der Waals surface area contributed by atoms with Gasteiger partial charge in [0.15, 0.2) is 0 Å². The molecule has 1 aromatic carbocycles. The molecule has 4 nitrogen and oxygen atoms in total. The monoisotopic (exact) mass is 292 g/mol. The third-order valence-corrected chi connectivity index (χ3v) is 3.26. The van der Waals surface area contributed by atoms with Crippen LogP contribution in [0.4, 0.5) is 5.69 Å². The minimum absolute atomic E-state index is 0.0262. The van der Waals surface area contributed by atoms with E-state index in [2.05, 4.69) is 45.5 Å². The Kier molecular flexibility index (Phi) is 5.64. The van der Waals surface area contributed by atoms with Crippen LogP contribution >= 0.6 is 0 Å². The topological polar surface area (TPSA) is 50.4 Å². The van der Waals surface area contributed by atoms with E-state index in [0.717, 1.165) is 23.4 Å². The molecule has 2 N–H and O–H groups in total. The van der Waals surface area contributed by atoms with E-state index < -0.39 is 0 Å². The SMILES string of the molecule is CCOc1ccc(NNC=O)cc1C(C)(C)CC(C)(C)C. The minimum Gasteiger partial charge on any atom is -0.494 e. The maximum atomic E-state index is 10.4. The molecule has 0 radical (unpaired) electrons. The smallest absolute Gasteiger partial charge is 0.225 e. The fourth-order valence-corrected chi connectivity index (χ4v) is 2.95. The summed E-state index contributed by atoms with van der Waals surface area (Å²) in [6.45, 7) is 13.8. The molecular weight excluding hydrogens is 264 g/mol. The molecule has 1 amide bonds. The Bertz CT molecular complexity index is 476. The number of carbonyl (C=O) groups is 1. The van der Waals surface area contributed by atoms with Gasteiger partial charge in [0, 0.05) is 5.56 Å². The third kappa shape index (κ3) is 5.29. The second kappa shape index (κ2) is 6.83. The van der Waals surface area contributed by atoms with Crippen molar-refractivity contribution in [2.45, 2.75) is 53.4 Å². The first-order valence-electron chi connectivity index (χ1n) is 7.42. The van der Waals surface area contributed by atoms with Crippen LogP contribution in [0.2, 0.25) is 0 Å². The molecule has 0 aliphatic heterocycles. The fraction of sp³-hybridized carbons (Fsp3) is 0.588. The number of amides is 1. The Balaban J connectivity index is 3.17. The van der Waals surface area contributed by atoms with Crippen molar-refractivity contribution >= 4 is 12.1 Å². The maximum Gasteiger partial charge on any atom is 0.225 e. The van der Waals surface area contributed by atoms with Crippen molar-refractivity contribution in [1.82, 2.24) is 5.43 Å². The van der Waals surface area contributed by atoms with Crippen LogP contribution in [0.5, 0.6) is 5.75 Å². The number of hydrogen-bond donors (Lipinski definition) is 2. The zero-order chi connectivity index (χ0) is 16.1. The molecule has 0 aromatic heterocycles. The van der Waals surface area contributed by atoms with Gasteiger partial charge in [0.2, 0.25) is 6.41 Å². The number of anilines is 1. The van der Waals surface area contributed by atoms with Crippen LogP contribution in [0, 0.1) is 5.41 Å². The predicted molar refractivity (Wildman–Crippen MR) is 87.5 cm³/mol. The van der Waals surface area contributed by atoms with Gasteiger partial charge in [-0.05, 0) is 42.4 Å². The summed E-state index contributed by atoms with van der Waals surface area (Å²) in [6, 6.07) is 5.91. The van der Waals surface area contributed by atoms with E-state index in [4.69, 9.17) is 4.74 Å². The summed E-state index contributed by atoms with van der Waals surface area (Å²) in [4.78, 5) is 10.4. The largest absolute Gasteiger partial charge is 0.494 e. The summed E-state index contributed by atoms with van der Waals surface area (Å²) in [5.41, 5.74) is 7.53. The van der Waals surface area contributed by atoms with E-state index in [1.54, 1.807) is 0 Å². The van der Waals surface area contributed by atoms with E-state index in [0.29, 0.717) is 13.0 Å². The van der Waals surface area contributed by atoms with Crippen molar-refractivity contribution in [2.24, 2.45) is 5.41 Å². The van der Waals surface area contributed by atoms with Crippen LogP contribution < -0.4 is 15.6 Å². The first kappa shape index (κ1) is 17.3. The van der Waals surface area contributed by atoms with Gasteiger partial charge in [-0.15, -0.1) is 0 Å². The lowest BCUT2D eigenvalue weighted by Crippen LogP contribution is -2.26. The molecule has 0 saturated heterocycles. The highest BCUT2D eigenvalue weighted by Crippen LogP contribution is 2.41. The van der Waals surface area contributed by atoms with Crippen LogP contribution in [-0.4, -0.2) is 13.0 Å². The zero-order valence-electron chi connectivity index (χ0n) is 14.0. The number of carbonyl (C=O) groups excluding carboxylic acids is 1. The molecule has 4 heteroatoms. The second-order valence-corrected chi connectivity index (χ2v) is 7.15. The van der Waals surface area contributed by atoms with Crippen LogP contribution in [-0.2, 0) is 10.2 Å². The minimum atomic E-state index is -0.0262. The number of hydrazine groups is 1. The lowest BCUT2D eigenvalue weighted by molar-refractivity contribution is -0.109. The van der Waals surface area contributed by atoms with Gasteiger partial charge in [0.05, 0.1) is 12.3 Å². The van der Waals surface area contributed by atoms with Crippen molar-refractivity contribution in [2.75, 3.05) is 12.0 Å². The standard InChI is InChI=1S/C17H28N2O2/c1-7-21-15-9-8-13(19-18-12-20)10-14(15)17(5,6)11-16(2,3)4/h8-10,12,19H,7,11H2,1-6H3,(H,18,20). The normalized spacial score (nSPS) is 11.9. The first-order valence-corrected chi connectivity index (χ1v) is 7.42. The number of benzene rings is 1. The fourth-order valence-electron chi connectivity index (χ4n) is 2.95. The first-order chi connectivity index (χ1) is 9.69. The molecule has 0 aliphatic carbocycles. The number of rotatable bonds is 7. The van der Waals surface area contributed by atoms with Gasteiger partial charge in [0.25, 0.3) is 0 Å². The molecule has 1 aromatic rings. The molecule has 0 aliphatic rings. The van der Waals surface area contributed by atoms with Gasteiger partial charge in [-0.1, -0.05) is 34.6 Å². The second-order valence-electron chi connectivity index (χ2n) is 7.15. The predicted octanol–water partition coefficient (Wildman–Crippen LogP) is 3.87. The number of hydrogen-bond acceptors (Lipinski definition) is 3. The average molecular weight is 292 g/mol. The quantitative estimate of drug-likeness (QED) is 0.592. The van der Waals surface area contributed by atoms with Gasteiger partial charge in [-0.3, -0.25) is 15.6 Å². The van der Waals surface area contributed by atoms with E-state index in [1.807, 2.05) is 25.1 Å². The Morgan fingerprint density at radius 1 is 1.19 bits per heavy atom. The van der Waals surface area contributed by atoms with Crippen molar-refractivity contribution < 1.29 is 9.53 Å². The van der Waals surface area contributed by atoms with Crippen molar-refractivity contribution in [3.63, 3.8) is 0 Å². The molecular formula is C17H28N2O2. The van der Waals surface area contributed by atoms with Crippen LogP contribution in [0.25, 0.3) is 0 Å². The molecule has 0 fully saturated rings. The lowest BCUT2D eigenvalue weighted by Gasteiger charge is -2.34. The summed E-state index contributed by atoms with van der Waals surface area (Å²) in [6.07, 6.45) is 1.65. The van der Waals surface area contributed by atoms with E-state index in [1.165, 1.54) is 0 Å². The van der Waals surface area contributed by atoms with E-state index in [-0.39, 0.29) is 10.8 Å². The van der Waals surface area contributed by atoms with Crippen LogP contribution in [0.1, 0.15) is 53.5 Å². The number of nitrogens with one attached hydrogen (secondary N) is 2. The van der Waals surface area contributed by atoms with E-state index in [9.17, 15) is 4.79 Å². The van der Waals surface area contributed by atoms with E-state index >= 15 is 0 Å². The van der Waals surface area contributed by atoms with Crippen LogP contribution in [0.3, 0.4) is 0 Å². The molecule has 21 heavy (non-hydrogen) atoms. The molecule has 0 atom stereocenters. The highest BCUT2D eigenvalue weighted by atomic mass is 16.5. The molecule has 1 rings (SSSR count). The molecule has 0 heterocycles. The Labute approximate surface area is 128 Å². The van der Waals surface area contributed by atoms with Crippen molar-refractivity contribution in [3.05, 3.63) is 23.8 Å². The summed E-state index contributed by atoms with van der Waals surface area (Å²) in [5, 5.41) is 0. The van der Waals surface area contributed by atoms with Gasteiger partial charge < -0.3 is 4.74 Å². The molecule has 0 bridgehead atoms. The molecule has 0 spiro atoms. The average Bonchev–Trinajstić information content (AvgIpc) is 2.35. The molecule has 0 unspecified atom stereocenters.